The van der Waals surface area contributed by atoms with Crippen LogP contribution in [0.2, 0.25) is 0 Å². The lowest BCUT2D eigenvalue weighted by Gasteiger charge is -2.05. The fraction of sp³-hybridized carbons (Fsp3) is 0.250. The van der Waals surface area contributed by atoms with Crippen molar-refractivity contribution in [1.29, 1.82) is 5.26 Å². The molecular formula is C16H12N4O2. The molecule has 3 aromatic rings. The van der Waals surface area contributed by atoms with E-state index in [9.17, 15) is 5.26 Å². The molecule has 0 saturated heterocycles. The molecule has 0 spiro atoms. The van der Waals surface area contributed by atoms with E-state index in [2.05, 4.69) is 21.2 Å². The van der Waals surface area contributed by atoms with Crippen LogP contribution in [-0.2, 0) is 5.41 Å². The molecule has 0 bridgehead atoms. The highest BCUT2D eigenvalue weighted by molar-refractivity contribution is 5.59. The van der Waals surface area contributed by atoms with Crippen LogP contribution in [0.25, 0.3) is 23.0 Å². The summed E-state index contributed by atoms with van der Waals surface area (Å²) in [5.41, 5.74) is 2.16. The fourth-order valence-electron chi connectivity index (χ4n) is 2.48. The van der Waals surface area contributed by atoms with Crippen LogP contribution < -0.4 is 0 Å². The van der Waals surface area contributed by atoms with Gasteiger partial charge in [-0.15, -0.1) is 0 Å². The molecule has 0 atom stereocenters. The number of aryl methyl sites for hydroxylation is 1. The Bertz CT molecular complexity index is 866. The molecule has 0 amide bonds. The molecule has 1 fully saturated rings. The minimum atomic E-state index is -0.281. The van der Waals surface area contributed by atoms with Gasteiger partial charge in [0.15, 0.2) is 12.1 Å². The van der Waals surface area contributed by atoms with Crippen molar-refractivity contribution in [2.75, 3.05) is 0 Å². The Kier molecular flexibility index (Phi) is 2.63. The van der Waals surface area contributed by atoms with Crippen LogP contribution in [0.4, 0.5) is 0 Å². The summed E-state index contributed by atoms with van der Waals surface area (Å²) in [6.07, 6.45) is 3.21. The van der Waals surface area contributed by atoms with Crippen LogP contribution in [0.3, 0.4) is 0 Å². The number of nitrogens with zero attached hydrogens (tertiary/aromatic N) is 4. The Morgan fingerprint density at radius 1 is 1.23 bits per heavy atom. The second-order valence-electron chi connectivity index (χ2n) is 5.45. The highest BCUT2D eigenvalue weighted by Crippen LogP contribution is 2.47. The van der Waals surface area contributed by atoms with E-state index in [1.165, 1.54) is 6.39 Å². The lowest BCUT2D eigenvalue weighted by atomic mass is 9.97. The molecular weight excluding hydrogens is 280 g/mol. The predicted octanol–water partition coefficient (Wildman–Crippen LogP) is 3.26. The zero-order chi connectivity index (χ0) is 15.2. The van der Waals surface area contributed by atoms with E-state index < -0.39 is 0 Å². The summed E-state index contributed by atoms with van der Waals surface area (Å²) in [6.45, 7) is 1.80. The number of benzene rings is 1. The van der Waals surface area contributed by atoms with E-state index in [1.54, 1.807) is 6.92 Å². The van der Waals surface area contributed by atoms with Gasteiger partial charge in [0.05, 0.1) is 11.5 Å². The molecule has 2 heterocycles. The first-order chi connectivity index (χ1) is 10.7. The van der Waals surface area contributed by atoms with E-state index in [4.69, 9.17) is 8.94 Å². The average molecular weight is 292 g/mol. The van der Waals surface area contributed by atoms with Gasteiger partial charge in [-0.3, -0.25) is 0 Å². The normalized spacial score (nSPS) is 15.5. The topological polar surface area (TPSA) is 88.7 Å². The van der Waals surface area contributed by atoms with Gasteiger partial charge in [0.25, 0.3) is 5.89 Å². The van der Waals surface area contributed by atoms with Gasteiger partial charge in [0.2, 0.25) is 5.82 Å². The molecule has 4 rings (SSSR count). The predicted molar refractivity (Wildman–Crippen MR) is 76.5 cm³/mol. The molecule has 1 aliphatic carbocycles. The first-order valence-corrected chi connectivity index (χ1v) is 6.98. The summed E-state index contributed by atoms with van der Waals surface area (Å²) in [4.78, 5) is 8.42. The first-order valence-electron chi connectivity index (χ1n) is 6.98. The fourth-order valence-corrected chi connectivity index (χ4v) is 2.48. The van der Waals surface area contributed by atoms with E-state index in [0.717, 1.165) is 24.0 Å². The number of hydrogen-bond donors (Lipinski definition) is 0. The van der Waals surface area contributed by atoms with Crippen LogP contribution >= 0.6 is 0 Å². The van der Waals surface area contributed by atoms with Crippen LogP contribution in [0, 0.1) is 18.3 Å². The largest absolute Gasteiger partial charge is 0.448 e. The van der Waals surface area contributed by atoms with Gasteiger partial charge >= 0.3 is 0 Å². The first kappa shape index (κ1) is 12.8. The Morgan fingerprint density at radius 3 is 2.59 bits per heavy atom. The van der Waals surface area contributed by atoms with Crippen molar-refractivity contribution in [2.45, 2.75) is 25.2 Å². The summed E-state index contributed by atoms with van der Waals surface area (Å²) in [5.74, 6) is 1.47. The number of rotatable bonds is 3. The monoisotopic (exact) mass is 292 g/mol. The highest BCUT2D eigenvalue weighted by atomic mass is 16.5. The van der Waals surface area contributed by atoms with Gasteiger partial charge in [0, 0.05) is 5.56 Å². The zero-order valence-corrected chi connectivity index (χ0v) is 11.9. The molecule has 1 aliphatic rings. The SMILES string of the molecule is Cc1ocnc1-c1noc(-c2ccc(C3(C#N)CC3)cc2)n1. The number of hydrogen-bond acceptors (Lipinski definition) is 6. The summed E-state index contributed by atoms with van der Waals surface area (Å²) >= 11 is 0. The molecule has 6 nitrogen and oxygen atoms in total. The Balaban J connectivity index is 1.65. The van der Waals surface area contributed by atoms with E-state index >= 15 is 0 Å². The van der Waals surface area contributed by atoms with Crippen molar-refractivity contribution >= 4 is 0 Å². The Hall–Kier alpha value is -2.94. The van der Waals surface area contributed by atoms with Crippen molar-refractivity contribution in [3.63, 3.8) is 0 Å². The molecule has 0 radical (unpaired) electrons. The van der Waals surface area contributed by atoms with Crippen LogP contribution in [-0.4, -0.2) is 15.1 Å². The Labute approximate surface area is 126 Å². The minimum absolute atomic E-state index is 0.281. The zero-order valence-electron chi connectivity index (χ0n) is 11.9. The minimum Gasteiger partial charge on any atom is -0.448 e. The maximum Gasteiger partial charge on any atom is 0.258 e. The van der Waals surface area contributed by atoms with Gasteiger partial charge in [-0.05, 0) is 37.5 Å². The van der Waals surface area contributed by atoms with Crippen LogP contribution in [0.5, 0.6) is 0 Å². The lowest BCUT2D eigenvalue weighted by Crippen LogP contribution is -2.01. The molecule has 0 N–H and O–H groups in total. The maximum atomic E-state index is 9.22. The number of aromatic nitrogens is 3. The number of oxazole rings is 1. The second-order valence-corrected chi connectivity index (χ2v) is 5.45. The van der Waals surface area contributed by atoms with Crippen molar-refractivity contribution in [2.24, 2.45) is 0 Å². The molecule has 22 heavy (non-hydrogen) atoms. The summed E-state index contributed by atoms with van der Waals surface area (Å²) in [6, 6.07) is 10.1. The van der Waals surface area contributed by atoms with Crippen molar-refractivity contribution in [1.82, 2.24) is 15.1 Å². The van der Waals surface area contributed by atoms with Crippen LogP contribution in [0.1, 0.15) is 24.2 Å². The third-order valence-electron chi connectivity index (χ3n) is 4.03. The lowest BCUT2D eigenvalue weighted by molar-refractivity contribution is 0.432. The standard InChI is InChI=1S/C16H12N4O2/c1-10-13(18-9-21-10)14-19-15(22-20-14)11-2-4-12(5-3-11)16(8-17)6-7-16/h2-5,9H,6-7H2,1H3. The van der Waals surface area contributed by atoms with Crippen molar-refractivity contribution < 1.29 is 8.94 Å². The molecule has 0 unspecified atom stereocenters. The van der Waals surface area contributed by atoms with E-state index in [-0.39, 0.29) is 5.41 Å². The summed E-state index contributed by atoms with van der Waals surface area (Å²) in [7, 11) is 0. The van der Waals surface area contributed by atoms with Gasteiger partial charge in [0.1, 0.15) is 5.76 Å². The van der Waals surface area contributed by atoms with Crippen molar-refractivity contribution in [3.8, 4) is 29.0 Å². The molecule has 108 valence electrons. The van der Waals surface area contributed by atoms with Gasteiger partial charge < -0.3 is 8.94 Å². The molecule has 2 aromatic heterocycles. The van der Waals surface area contributed by atoms with Gasteiger partial charge in [-0.1, -0.05) is 17.3 Å². The third-order valence-corrected chi connectivity index (χ3v) is 4.03. The van der Waals surface area contributed by atoms with Gasteiger partial charge in [-0.25, -0.2) is 4.98 Å². The van der Waals surface area contributed by atoms with Gasteiger partial charge in [-0.2, -0.15) is 10.2 Å². The van der Waals surface area contributed by atoms with E-state index in [1.807, 2.05) is 24.3 Å². The quantitative estimate of drug-likeness (QED) is 0.736. The van der Waals surface area contributed by atoms with Crippen molar-refractivity contribution in [3.05, 3.63) is 42.0 Å². The third kappa shape index (κ3) is 1.91. The Morgan fingerprint density at radius 2 is 2.00 bits per heavy atom. The van der Waals surface area contributed by atoms with E-state index in [0.29, 0.717) is 23.2 Å². The second kappa shape index (κ2) is 4.53. The summed E-state index contributed by atoms with van der Waals surface area (Å²) in [5, 5.41) is 13.2. The smallest absolute Gasteiger partial charge is 0.258 e. The molecule has 1 saturated carbocycles. The maximum absolute atomic E-state index is 9.22. The molecule has 6 heteroatoms. The molecule has 1 aromatic carbocycles. The summed E-state index contributed by atoms with van der Waals surface area (Å²) < 4.78 is 10.4. The average Bonchev–Trinajstić information content (AvgIpc) is 2.99. The highest BCUT2D eigenvalue weighted by Gasteiger charge is 2.44. The number of nitriles is 1. The van der Waals surface area contributed by atoms with Crippen LogP contribution in [0.15, 0.2) is 39.6 Å². The molecule has 0 aliphatic heterocycles.